The van der Waals surface area contributed by atoms with Gasteiger partial charge < -0.3 is 0 Å². The molecule has 3 rings (SSSR count). The molecule has 0 radical (unpaired) electrons. The highest BCUT2D eigenvalue weighted by Crippen LogP contribution is 2.35. The second-order valence-electron chi connectivity index (χ2n) is 4.94. The molecular formula is C17H11N3O3. The standard InChI is InChI=1S/C17H11N3O3/c18-11-13-10-16(20(22)23)14-8-4-5-9-15(14)19(13)17(21)12-6-2-1-3-7-12/h1-10,13H. The molecule has 0 spiro atoms. The molecule has 0 fully saturated rings. The average Bonchev–Trinajstić information content (AvgIpc) is 2.60. The summed E-state index contributed by atoms with van der Waals surface area (Å²) < 4.78 is 0. The van der Waals surface area contributed by atoms with E-state index in [2.05, 4.69) is 0 Å². The molecule has 6 heteroatoms. The minimum absolute atomic E-state index is 0.163. The van der Waals surface area contributed by atoms with Crippen molar-refractivity contribution in [1.82, 2.24) is 0 Å². The highest BCUT2D eigenvalue weighted by atomic mass is 16.6. The molecule has 1 aliphatic rings. The van der Waals surface area contributed by atoms with E-state index in [-0.39, 0.29) is 11.6 Å². The quantitative estimate of drug-likeness (QED) is 0.630. The van der Waals surface area contributed by atoms with E-state index in [4.69, 9.17) is 0 Å². The van der Waals surface area contributed by atoms with E-state index in [9.17, 15) is 20.2 Å². The molecule has 1 aliphatic heterocycles. The number of nitro groups is 1. The first-order chi connectivity index (χ1) is 11.1. The van der Waals surface area contributed by atoms with Crippen molar-refractivity contribution < 1.29 is 9.72 Å². The van der Waals surface area contributed by atoms with Gasteiger partial charge in [-0.1, -0.05) is 30.3 Å². The number of nitrogens with zero attached hydrogens (tertiary/aromatic N) is 3. The summed E-state index contributed by atoms with van der Waals surface area (Å²) >= 11 is 0. The zero-order chi connectivity index (χ0) is 16.4. The van der Waals surface area contributed by atoms with Crippen LogP contribution >= 0.6 is 0 Å². The lowest BCUT2D eigenvalue weighted by atomic mass is 9.99. The fourth-order valence-electron chi connectivity index (χ4n) is 2.57. The third kappa shape index (κ3) is 2.45. The molecule has 0 N–H and O–H groups in total. The van der Waals surface area contributed by atoms with Gasteiger partial charge in [0.2, 0.25) is 0 Å². The molecule has 0 aliphatic carbocycles. The maximum Gasteiger partial charge on any atom is 0.277 e. The molecule has 6 nitrogen and oxygen atoms in total. The van der Waals surface area contributed by atoms with Crippen molar-refractivity contribution in [2.24, 2.45) is 0 Å². The predicted molar refractivity (Wildman–Crippen MR) is 84.1 cm³/mol. The highest BCUT2D eigenvalue weighted by Gasteiger charge is 2.35. The van der Waals surface area contributed by atoms with Gasteiger partial charge in [-0.15, -0.1) is 0 Å². The fourth-order valence-corrected chi connectivity index (χ4v) is 2.57. The lowest BCUT2D eigenvalue weighted by Crippen LogP contribution is -2.41. The van der Waals surface area contributed by atoms with Crippen LogP contribution in [0.4, 0.5) is 5.69 Å². The van der Waals surface area contributed by atoms with Crippen molar-refractivity contribution in [3.8, 4) is 6.07 Å². The van der Waals surface area contributed by atoms with E-state index in [1.165, 1.54) is 11.0 Å². The third-order valence-corrected chi connectivity index (χ3v) is 3.60. The number of carbonyl (C=O) groups is 1. The lowest BCUT2D eigenvalue weighted by molar-refractivity contribution is -0.375. The molecule has 112 valence electrons. The van der Waals surface area contributed by atoms with E-state index in [0.717, 1.165) is 0 Å². The predicted octanol–water partition coefficient (Wildman–Crippen LogP) is 2.86. The van der Waals surface area contributed by atoms with Gasteiger partial charge in [0, 0.05) is 11.6 Å². The van der Waals surface area contributed by atoms with Gasteiger partial charge in [-0.2, -0.15) is 5.26 Å². The number of hydrogen-bond donors (Lipinski definition) is 0. The van der Waals surface area contributed by atoms with Crippen LogP contribution in [0.3, 0.4) is 0 Å². The Kier molecular flexibility index (Phi) is 3.61. The minimum atomic E-state index is -1.03. The maximum absolute atomic E-state index is 12.8. The Bertz CT molecular complexity index is 853. The zero-order valence-corrected chi connectivity index (χ0v) is 11.9. The van der Waals surface area contributed by atoms with Gasteiger partial charge in [0.05, 0.1) is 22.2 Å². The lowest BCUT2D eigenvalue weighted by Gasteiger charge is -2.30. The first-order valence-corrected chi connectivity index (χ1v) is 6.87. The largest absolute Gasteiger partial charge is 0.287 e. The number of rotatable bonds is 2. The second-order valence-corrected chi connectivity index (χ2v) is 4.94. The zero-order valence-electron chi connectivity index (χ0n) is 11.9. The van der Waals surface area contributed by atoms with E-state index in [0.29, 0.717) is 16.8 Å². The van der Waals surface area contributed by atoms with Crippen molar-refractivity contribution in [3.63, 3.8) is 0 Å². The Morgan fingerprint density at radius 2 is 1.78 bits per heavy atom. The van der Waals surface area contributed by atoms with Crippen molar-refractivity contribution in [3.05, 3.63) is 81.9 Å². The Hall–Kier alpha value is -3.46. The number of fused-ring (bicyclic) bond motifs is 1. The molecule has 2 aromatic rings. The topological polar surface area (TPSA) is 87.2 Å². The second kappa shape index (κ2) is 5.73. The van der Waals surface area contributed by atoms with Gasteiger partial charge in [-0.05, 0) is 24.3 Å². The third-order valence-electron chi connectivity index (χ3n) is 3.60. The first-order valence-electron chi connectivity index (χ1n) is 6.87. The summed E-state index contributed by atoms with van der Waals surface area (Å²) in [4.78, 5) is 24.8. The monoisotopic (exact) mass is 305 g/mol. The van der Waals surface area contributed by atoms with E-state index in [1.807, 2.05) is 6.07 Å². The van der Waals surface area contributed by atoms with Gasteiger partial charge in [0.15, 0.2) is 0 Å². The number of para-hydroxylation sites is 1. The van der Waals surface area contributed by atoms with Crippen LogP contribution in [0, 0.1) is 21.4 Å². The Labute approximate surface area is 132 Å². The van der Waals surface area contributed by atoms with Crippen LogP contribution in [-0.2, 0) is 0 Å². The van der Waals surface area contributed by atoms with E-state index in [1.54, 1.807) is 54.6 Å². The summed E-state index contributed by atoms with van der Waals surface area (Å²) in [5.74, 6) is -0.372. The molecule has 1 atom stereocenters. The molecule has 1 amide bonds. The average molecular weight is 305 g/mol. The van der Waals surface area contributed by atoms with Crippen molar-refractivity contribution >= 4 is 17.3 Å². The van der Waals surface area contributed by atoms with Crippen LogP contribution in [-0.4, -0.2) is 16.9 Å². The van der Waals surface area contributed by atoms with Gasteiger partial charge in [0.1, 0.15) is 6.04 Å². The van der Waals surface area contributed by atoms with Crippen molar-refractivity contribution in [1.29, 1.82) is 5.26 Å². The summed E-state index contributed by atoms with van der Waals surface area (Å²) in [6, 6.07) is 16.0. The Morgan fingerprint density at radius 1 is 1.13 bits per heavy atom. The summed E-state index contributed by atoms with van der Waals surface area (Å²) in [6.45, 7) is 0. The Morgan fingerprint density at radius 3 is 2.43 bits per heavy atom. The van der Waals surface area contributed by atoms with Crippen LogP contribution in [0.2, 0.25) is 0 Å². The summed E-state index contributed by atoms with van der Waals surface area (Å²) in [7, 11) is 0. The molecular weight excluding hydrogens is 294 g/mol. The van der Waals surface area contributed by atoms with Crippen LogP contribution in [0.5, 0.6) is 0 Å². The maximum atomic E-state index is 12.8. The van der Waals surface area contributed by atoms with Crippen molar-refractivity contribution in [2.75, 3.05) is 4.90 Å². The minimum Gasteiger partial charge on any atom is -0.287 e. The fraction of sp³-hybridized carbons (Fsp3) is 0.0588. The summed E-state index contributed by atoms with van der Waals surface area (Å²) in [5, 5.41) is 20.6. The van der Waals surface area contributed by atoms with Crippen LogP contribution < -0.4 is 4.90 Å². The SMILES string of the molecule is N#CC1C=C([N+](=O)[O-])c2ccccc2N1C(=O)c1ccccc1. The number of anilines is 1. The van der Waals surface area contributed by atoms with Crippen LogP contribution in [0.1, 0.15) is 15.9 Å². The van der Waals surface area contributed by atoms with Gasteiger partial charge in [-0.25, -0.2) is 0 Å². The van der Waals surface area contributed by atoms with Crippen LogP contribution in [0.15, 0.2) is 60.7 Å². The van der Waals surface area contributed by atoms with Gasteiger partial charge >= 0.3 is 0 Å². The molecule has 0 aromatic heterocycles. The van der Waals surface area contributed by atoms with E-state index >= 15 is 0 Å². The molecule has 0 saturated carbocycles. The number of benzene rings is 2. The smallest absolute Gasteiger partial charge is 0.277 e. The number of carbonyl (C=O) groups excluding carboxylic acids is 1. The highest BCUT2D eigenvalue weighted by molar-refractivity contribution is 6.09. The Balaban J connectivity index is 2.16. The molecule has 0 saturated heterocycles. The van der Waals surface area contributed by atoms with E-state index < -0.39 is 11.0 Å². The van der Waals surface area contributed by atoms with Gasteiger partial charge in [-0.3, -0.25) is 19.8 Å². The number of hydrogen-bond acceptors (Lipinski definition) is 4. The molecule has 1 unspecified atom stereocenters. The summed E-state index contributed by atoms with van der Waals surface area (Å²) in [5.41, 5.74) is 0.945. The molecule has 1 heterocycles. The van der Waals surface area contributed by atoms with Gasteiger partial charge in [0.25, 0.3) is 11.6 Å². The molecule has 0 bridgehead atoms. The number of nitriles is 1. The van der Waals surface area contributed by atoms with Crippen LogP contribution in [0.25, 0.3) is 5.70 Å². The molecule has 2 aromatic carbocycles. The normalized spacial score (nSPS) is 16.0. The first kappa shape index (κ1) is 14.5. The molecule has 23 heavy (non-hydrogen) atoms. The van der Waals surface area contributed by atoms with Crippen molar-refractivity contribution in [2.45, 2.75) is 6.04 Å². The number of amides is 1. The summed E-state index contributed by atoms with van der Waals surface area (Å²) in [6.07, 6.45) is 1.21.